The average molecular weight is 472 g/mol. The number of nitrogens with one attached hydrogen (secondary N) is 1. The summed E-state index contributed by atoms with van der Waals surface area (Å²) in [4.78, 5) is 28.9. The van der Waals surface area contributed by atoms with Crippen molar-refractivity contribution in [3.8, 4) is 5.75 Å². The Bertz CT molecular complexity index is 1450. The van der Waals surface area contributed by atoms with Crippen LogP contribution in [0.1, 0.15) is 39.7 Å². The largest absolute Gasteiger partial charge is 0.497 e. The number of methoxy groups -OCH3 is 1. The van der Waals surface area contributed by atoms with Crippen molar-refractivity contribution in [2.75, 3.05) is 19.0 Å². The van der Waals surface area contributed by atoms with Gasteiger partial charge in [-0.2, -0.15) is 9.61 Å². The summed E-state index contributed by atoms with van der Waals surface area (Å²) >= 11 is 0. The van der Waals surface area contributed by atoms with E-state index in [-0.39, 0.29) is 11.5 Å². The Morgan fingerprint density at radius 1 is 1.14 bits per heavy atom. The number of fused-ring (bicyclic) bond motifs is 2. The number of para-hydroxylation sites is 1. The van der Waals surface area contributed by atoms with Crippen LogP contribution in [0.5, 0.6) is 5.75 Å². The van der Waals surface area contributed by atoms with Gasteiger partial charge in [0.05, 0.1) is 18.9 Å². The molecule has 3 heterocycles. The number of hydrogen-bond acceptors (Lipinski definition) is 5. The number of carbonyl (C=O) groups excluding carboxylic acids is 1. The molecule has 2 aromatic carbocycles. The number of anilines is 1. The second-order valence-electron chi connectivity index (χ2n) is 8.85. The van der Waals surface area contributed by atoms with Gasteiger partial charge in [-0.05, 0) is 43.2 Å². The molecule has 0 atom stereocenters. The van der Waals surface area contributed by atoms with Crippen LogP contribution in [0.2, 0.25) is 0 Å². The Kier molecular flexibility index (Phi) is 6.13. The van der Waals surface area contributed by atoms with Crippen molar-refractivity contribution in [2.24, 2.45) is 0 Å². The van der Waals surface area contributed by atoms with Crippen molar-refractivity contribution in [1.82, 2.24) is 19.1 Å². The fourth-order valence-corrected chi connectivity index (χ4v) is 4.83. The molecule has 1 aliphatic rings. The second-order valence-corrected chi connectivity index (χ2v) is 8.85. The van der Waals surface area contributed by atoms with Crippen molar-refractivity contribution >= 4 is 17.2 Å². The molecule has 35 heavy (non-hydrogen) atoms. The molecular formula is C27H29N5O3. The summed E-state index contributed by atoms with van der Waals surface area (Å²) < 4.78 is 8.70. The van der Waals surface area contributed by atoms with Crippen molar-refractivity contribution in [1.29, 1.82) is 0 Å². The first-order valence-corrected chi connectivity index (χ1v) is 11.8. The molecule has 1 aliphatic heterocycles. The predicted octanol–water partition coefficient (Wildman–Crippen LogP) is 3.64. The quantitative estimate of drug-likeness (QED) is 0.464. The number of benzene rings is 2. The van der Waals surface area contributed by atoms with Crippen LogP contribution in [-0.4, -0.2) is 38.6 Å². The first-order chi connectivity index (χ1) is 17.0. The van der Waals surface area contributed by atoms with Crippen LogP contribution >= 0.6 is 0 Å². The second kappa shape index (κ2) is 9.38. The standard InChI is InChI=1S/C27H29N5O3/c1-4-31-24-13-14-30(16-19-9-11-20(35-3)12-10-19)17-22(24)27(34)32-26(31)21(15-28-32)25(33)29-23-8-6-5-7-18(23)2/h5-12,15H,4,13-14,16-17H2,1-3H3,(H,29,33). The normalized spacial score (nSPS) is 13.6. The van der Waals surface area contributed by atoms with Gasteiger partial charge < -0.3 is 14.6 Å². The molecule has 8 nitrogen and oxygen atoms in total. The van der Waals surface area contributed by atoms with Crippen molar-refractivity contribution < 1.29 is 9.53 Å². The van der Waals surface area contributed by atoms with E-state index < -0.39 is 0 Å². The summed E-state index contributed by atoms with van der Waals surface area (Å²) in [5.74, 6) is 0.555. The minimum Gasteiger partial charge on any atom is -0.497 e. The summed E-state index contributed by atoms with van der Waals surface area (Å²) in [5.41, 5.74) is 5.40. The molecule has 0 aliphatic carbocycles. The molecule has 4 aromatic rings. The molecule has 0 unspecified atom stereocenters. The summed E-state index contributed by atoms with van der Waals surface area (Å²) in [7, 11) is 1.66. The van der Waals surface area contributed by atoms with Gasteiger partial charge in [0.25, 0.3) is 11.5 Å². The van der Waals surface area contributed by atoms with Crippen LogP contribution in [0.4, 0.5) is 5.69 Å². The lowest BCUT2D eigenvalue weighted by molar-refractivity contribution is 0.102. The summed E-state index contributed by atoms with van der Waals surface area (Å²) in [6.45, 7) is 6.73. The first-order valence-electron chi connectivity index (χ1n) is 11.8. The number of carbonyl (C=O) groups is 1. The van der Waals surface area contributed by atoms with E-state index in [9.17, 15) is 9.59 Å². The van der Waals surface area contributed by atoms with E-state index in [1.165, 1.54) is 16.3 Å². The fourth-order valence-electron chi connectivity index (χ4n) is 4.83. The highest BCUT2D eigenvalue weighted by Crippen LogP contribution is 2.23. The lowest BCUT2D eigenvalue weighted by atomic mass is 10.0. The molecule has 0 fully saturated rings. The first kappa shape index (κ1) is 22.9. The zero-order valence-corrected chi connectivity index (χ0v) is 20.2. The molecular weight excluding hydrogens is 442 g/mol. The van der Waals surface area contributed by atoms with Crippen LogP contribution < -0.4 is 15.6 Å². The Morgan fingerprint density at radius 2 is 1.91 bits per heavy atom. The number of nitrogens with zero attached hydrogens (tertiary/aromatic N) is 4. The highest BCUT2D eigenvalue weighted by molar-refractivity contribution is 6.08. The molecule has 2 aromatic heterocycles. The van der Waals surface area contributed by atoms with E-state index in [1.807, 2.05) is 50.2 Å². The van der Waals surface area contributed by atoms with Gasteiger partial charge in [0.1, 0.15) is 11.3 Å². The van der Waals surface area contributed by atoms with Crippen LogP contribution in [0, 0.1) is 6.92 Å². The molecule has 0 saturated heterocycles. The molecule has 0 saturated carbocycles. The van der Waals surface area contributed by atoms with Gasteiger partial charge in [-0.15, -0.1) is 0 Å². The van der Waals surface area contributed by atoms with Crippen LogP contribution in [-0.2, 0) is 26.1 Å². The highest BCUT2D eigenvalue weighted by atomic mass is 16.5. The topological polar surface area (TPSA) is 80.9 Å². The maximum absolute atomic E-state index is 13.5. The number of rotatable bonds is 6. The van der Waals surface area contributed by atoms with Gasteiger partial charge in [0.2, 0.25) is 0 Å². The zero-order chi connectivity index (χ0) is 24.5. The summed E-state index contributed by atoms with van der Waals surface area (Å²) in [5, 5.41) is 7.31. The molecule has 180 valence electrons. The lowest BCUT2D eigenvalue weighted by Gasteiger charge is -2.30. The Morgan fingerprint density at radius 3 is 2.63 bits per heavy atom. The van der Waals surface area contributed by atoms with Crippen LogP contribution in [0.15, 0.2) is 59.5 Å². The SMILES string of the molecule is CCn1c2c(c(=O)n3ncc(C(=O)Nc4ccccc4C)c13)CN(Cc1ccc(OC)cc1)CC2. The zero-order valence-electron chi connectivity index (χ0n) is 20.2. The number of amides is 1. The highest BCUT2D eigenvalue weighted by Gasteiger charge is 2.27. The molecule has 0 spiro atoms. The number of aryl methyl sites for hydroxylation is 2. The third-order valence-corrected chi connectivity index (χ3v) is 6.69. The van der Waals surface area contributed by atoms with Gasteiger partial charge in [-0.1, -0.05) is 30.3 Å². The predicted molar refractivity (Wildman–Crippen MR) is 135 cm³/mol. The smallest absolute Gasteiger partial charge is 0.279 e. The maximum Gasteiger partial charge on any atom is 0.279 e. The lowest BCUT2D eigenvalue weighted by Crippen LogP contribution is -2.38. The van der Waals surface area contributed by atoms with Gasteiger partial charge >= 0.3 is 0 Å². The number of ether oxygens (including phenoxy) is 1. The van der Waals surface area contributed by atoms with Gasteiger partial charge in [-0.25, -0.2) is 0 Å². The minimum atomic E-state index is -0.271. The van der Waals surface area contributed by atoms with Crippen LogP contribution in [0.3, 0.4) is 0 Å². The summed E-state index contributed by atoms with van der Waals surface area (Å²) in [6.07, 6.45) is 2.23. The van der Waals surface area contributed by atoms with Crippen LogP contribution in [0.25, 0.3) is 5.65 Å². The van der Waals surface area contributed by atoms with E-state index in [0.29, 0.717) is 24.3 Å². The third-order valence-electron chi connectivity index (χ3n) is 6.69. The molecule has 5 rings (SSSR count). The van der Waals surface area contributed by atoms with Gasteiger partial charge in [0, 0.05) is 44.0 Å². The summed E-state index contributed by atoms with van der Waals surface area (Å²) in [6, 6.07) is 15.6. The fraction of sp³-hybridized carbons (Fsp3) is 0.296. The van der Waals surface area contributed by atoms with Gasteiger partial charge in [0.15, 0.2) is 5.65 Å². The molecule has 1 amide bonds. The van der Waals surface area contributed by atoms with E-state index in [0.717, 1.165) is 47.8 Å². The number of hydrogen-bond donors (Lipinski definition) is 1. The molecule has 0 radical (unpaired) electrons. The van der Waals surface area contributed by atoms with E-state index in [4.69, 9.17) is 4.74 Å². The number of aromatic nitrogens is 3. The molecule has 8 heteroatoms. The maximum atomic E-state index is 13.5. The van der Waals surface area contributed by atoms with Crippen molar-refractivity contribution in [3.63, 3.8) is 0 Å². The monoisotopic (exact) mass is 471 g/mol. The van der Waals surface area contributed by atoms with Gasteiger partial charge in [-0.3, -0.25) is 14.5 Å². The van der Waals surface area contributed by atoms with E-state index >= 15 is 0 Å². The van der Waals surface area contributed by atoms with E-state index in [1.54, 1.807) is 7.11 Å². The van der Waals surface area contributed by atoms with Crippen molar-refractivity contribution in [3.05, 3.63) is 93.0 Å². The average Bonchev–Trinajstić information content (AvgIpc) is 3.32. The third kappa shape index (κ3) is 4.21. The van der Waals surface area contributed by atoms with Crippen molar-refractivity contribution in [2.45, 2.75) is 39.9 Å². The molecule has 1 N–H and O–H groups in total. The minimum absolute atomic E-state index is 0.158. The van der Waals surface area contributed by atoms with E-state index in [2.05, 4.69) is 32.0 Å². The Balaban J connectivity index is 1.48. The Labute approximate surface area is 203 Å². The molecule has 0 bridgehead atoms. The Hall–Kier alpha value is -3.91.